The van der Waals surface area contributed by atoms with Crippen LogP contribution >= 0.6 is 0 Å². The number of hydrogen-bond donors (Lipinski definition) is 2. The first-order chi connectivity index (χ1) is 15.3. The molecule has 1 aromatic heterocycles. The maximum absolute atomic E-state index is 12.0. The van der Waals surface area contributed by atoms with E-state index in [0.29, 0.717) is 17.9 Å². The van der Waals surface area contributed by atoms with E-state index in [9.17, 15) is 18.0 Å². The summed E-state index contributed by atoms with van der Waals surface area (Å²) in [5, 5.41) is 7.66. The summed E-state index contributed by atoms with van der Waals surface area (Å²) in [6.45, 7) is -0.0253. The van der Waals surface area contributed by atoms with E-state index < -0.39 is 28.5 Å². The van der Waals surface area contributed by atoms with Crippen LogP contribution in [0.2, 0.25) is 0 Å². The number of nitrogens with one attached hydrogen (secondary N) is 1. The van der Waals surface area contributed by atoms with Gasteiger partial charge in [0.15, 0.2) is 6.61 Å². The summed E-state index contributed by atoms with van der Waals surface area (Å²) in [5.74, 6) is -0.147. The second kappa shape index (κ2) is 10.6. The molecule has 10 heteroatoms. The Morgan fingerprint density at radius 1 is 0.969 bits per heavy atom. The molecule has 0 aliphatic rings. The Balaban J connectivity index is 1.37. The van der Waals surface area contributed by atoms with Crippen LogP contribution in [-0.4, -0.2) is 33.4 Å². The lowest BCUT2D eigenvalue weighted by Crippen LogP contribution is -2.30. The molecule has 1 heterocycles. The van der Waals surface area contributed by atoms with Gasteiger partial charge in [0.05, 0.1) is 4.90 Å². The number of amides is 1. The second-order valence-electron chi connectivity index (χ2n) is 6.73. The number of primary sulfonamides is 1. The Labute approximate surface area is 185 Å². The van der Waals surface area contributed by atoms with E-state index in [-0.39, 0.29) is 23.8 Å². The Bertz CT molecular complexity index is 1160. The molecule has 9 nitrogen and oxygen atoms in total. The van der Waals surface area contributed by atoms with Crippen LogP contribution in [0, 0.1) is 0 Å². The molecule has 3 aromatic rings. The van der Waals surface area contributed by atoms with Crippen molar-refractivity contribution >= 4 is 21.9 Å². The van der Waals surface area contributed by atoms with Gasteiger partial charge in [-0.1, -0.05) is 30.3 Å². The topological polar surface area (TPSA) is 138 Å². The van der Waals surface area contributed by atoms with Crippen molar-refractivity contribution in [2.75, 3.05) is 13.2 Å². The van der Waals surface area contributed by atoms with Crippen molar-refractivity contribution in [2.45, 2.75) is 17.9 Å². The molecule has 1 amide bonds. The molecule has 0 fully saturated rings. The van der Waals surface area contributed by atoms with Crippen molar-refractivity contribution < 1.29 is 31.9 Å². The van der Waals surface area contributed by atoms with Crippen LogP contribution in [0.5, 0.6) is 5.75 Å². The van der Waals surface area contributed by atoms with Crippen LogP contribution in [0.1, 0.15) is 21.9 Å². The lowest BCUT2D eigenvalue weighted by molar-refractivity contribution is -0.124. The van der Waals surface area contributed by atoms with E-state index in [4.69, 9.17) is 19.0 Å². The first-order valence-corrected chi connectivity index (χ1v) is 11.2. The van der Waals surface area contributed by atoms with Crippen LogP contribution in [0.3, 0.4) is 0 Å². The summed E-state index contributed by atoms with van der Waals surface area (Å²) in [6.07, 6.45) is 0.466. The highest BCUT2D eigenvalue weighted by Gasteiger charge is 2.15. The van der Waals surface area contributed by atoms with Crippen molar-refractivity contribution in [3.63, 3.8) is 0 Å². The summed E-state index contributed by atoms with van der Waals surface area (Å²) in [7, 11) is -3.74. The van der Waals surface area contributed by atoms with Crippen LogP contribution in [0.4, 0.5) is 0 Å². The third kappa shape index (κ3) is 6.96. The zero-order valence-corrected chi connectivity index (χ0v) is 17.8. The Morgan fingerprint density at radius 3 is 2.38 bits per heavy atom. The molecule has 3 N–H and O–H groups in total. The fourth-order valence-corrected chi connectivity index (χ4v) is 3.20. The number of benzene rings is 2. The molecule has 0 aliphatic carbocycles. The van der Waals surface area contributed by atoms with Gasteiger partial charge in [-0.2, -0.15) is 0 Å². The van der Waals surface area contributed by atoms with E-state index in [1.165, 1.54) is 18.2 Å². The largest absolute Gasteiger partial charge is 0.486 e. The predicted molar refractivity (Wildman–Crippen MR) is 114 cm³/mol. The number of esters is 1. The zero-order valence-electron chi connectivity index (χ0n) is 17.0. The summed E-state index contributed by atoms with van der Waals surface area (Å²) < 4.78 is 38.4. The average molecular weight is 458 g/mol. The van der Waals surface area contributed by atoms with Gasteiger partial charge in [-0.15, -0.1) is 0 Å². The van der Waals surface area contributed by atoms with E-state index >= 15 is 0 Å². The molecule has 0 spiro atoms. The Kier molecular flexibility index (Phi) is 7.63. The van der Waals surface area contributed by atoms with Gasteiger partial charge in [0.2, 0.25) is 15.8 Å². The van der Waals surface area contributed by atoms with Crippen molar-refractivity contribution in [1.29, 1.82) is 0 Å². The Hall–Kier alpha value is -3.63. The van der Waals surface area contributed by atoms with Gasteiger partial charge >= 0.3 is 5.97 Å². The van der Waals surface area contributed by atoms with Gasteiger partial charge in [0, 0.05) is 6.54 Å². The first kappa shape index (κ1) is 23.0. The van der Waals surface area contributed by atoms with Crippen molar-refractivity contribution in [1.82, 2.24) is 5.32 Å². The van der Waals surface area contributed by atoms with Gasteiger partial charge in [-0.05, 0) is 48.4 Å². The fourth-order valence-electron chi connectivity index (χ4n) is 2.68. The van der Waals surface area contributed by atoms with Gasteiger partial charge in [0.1, 0.15) is 18.1 Å². The maximum atomic E-state index is 12.0. The lowest BCUT2D eigenvalue weighted by atomic mass is 10.1. The van der Waals surface area contributed by atoms with Gasteiger partial charge in [0.25, 0.3) is 5.91 Å². The highest BCUT2D eigenvalue weighted by Crippen LogP contribution is 2.14. The maximum Gasteiger partial charge on any atom is 0.374 e. The molecule has 0 saturated carbocycles. The highest BCUT2D eigenvalue weighted by molar-refractivity contribution is 7.89. The number of nitrogens with two attached hydrogens (primary N) is 1. The molecule has 2 aromatic carbocycles. The summed E-state index contributed by atoms with van der Waals surface area (Å²) in [4.78, 5) is 24.0. The molecule has 0 radical (unpaired) electrons. The third-order valence-electron chi connectivity index (χ3n) is 4.31. The minimum absolute atomic E-state index is 0.0184. The molecule has 32 heavy (non-hydrogen) atoms. The minimum atomic E-state index is -3.74. The molecular weight excluding hydrogens is 436 g/mol. The normalized spacial score (nSPS) is 11.0. The molecule has 0 aliphatic heterocycles. The average Bonchev–Trinajstić information content (AvgIpc) is 3.26. The number of hydrogen-bond acceptors (Lipinski definition) is 7. The standard InChI is InChI=1S/C22H22N2O7S/c23-32(27,28)19-9-6-16(7-10-19)12-13-24-21(25)15-30-22(26)20-11-8-18(31-20)14-29-17-4-2-1-3-5-17/h1-11H,12-15H2,(H,24,25)(H2,23,27,28). The smallest absolute Gasteiger partial charge is 0.374 e. The SMILES string of the molecule is NS(=O)(=O)c1ccc(CCNC(=O)COC(=O)c2ccc(COc3ccccc3)o2)cc1. The van der Waals surface area contributed by atoms with E-state index in [2.05, 4.69) is 5.32 Å². The van der Waals surface area contributed by atoms with E-state index in [1.807, 2.05) is 18.2 Å². The molecule has 0 saturated heterocycles. The molecule has 0 bridgehead atoms. The van der Waals surface area contributed by atoms with Gasteiger partial charge in [-0.25, -0.2) is 18.4 Å². The molecule has 168 valence electrons. The van der Waals surface area contributed by atoms with E-state index in [0.717, 1.165) is 5.56 Å². The van der Waals surface area contributed by atoms with Crippen molar-refractivity contribution in [3.8, 4) is 5.75 Å². The van der Waals surface area contributed by atoms with Crippen molar-refractivity contribution in [3.05, 3.63) is 83.8 Å². The third-order valence-corrected chi connectivity index (χ3v) is 5.24. The number of ether oxygens (including phenoxy) is 2. The molecule has 3 rings (SSSR count). The van der Waals surface area contributed by atoms with Gasteiger partial charge < -0.3 is 19.2 Å². The fraction of sp³-hybridized carbons (Fsp3) is 0.182. The lowest BCUT2D eigenvalue weighted by Gasteiger charge is -2.07. The Morgan fingerprint density at radius 2 is 1.69 bits per heavy atom. The van der Waals surface area contributed by atoms with E-state index in [1.54, 1.807) is 30.3 Å². The summed E-state index contributed by atoms with van der Waals surface area (Å²) in [6, 6.07) is 18.2. The number of furan rings is 1. The first-order valence-electron chi connectivity index (χ1n) is 9.63. The number of rotatable bonds is 10. The molecule has 0 unspecified atom stereocenters. The summed E-state index contributed by atoms with van der Waals surface area (Å²) in [5.41, 5.74) is 0.815. The monoisotopic (exact) mass is 458 g/mol. The predicted octanol–water partition coefficient (Wildman–Crippen LogP) is 2.02. The van der Waals surface area contributed by atoms with Crippen LogP contribution in [-0.2, 0) is 32.6 Å². The number of para-hydroxylation sites is 1. The summed E-state index contributed by atoms with van der Waals surface area (Å²) >= 11 is 0. The number of sulfonamides is 1. The molecular formula is C22H22N2O7S. The van der Waals surface area contributed by atoms with Crippen LogP contribution in [0.25, 0.3) is 0 Å². The minimum Gasteiger partial charge on any atom is -0.486 e. The van der Waals surface area contributed by atoms with Crippen LogP contribution < -0.4 is 15.2 Å². The zero-order chi connectivity index (χ0) is 23.0. The van der Waals surface area contributed by atoms with Crippen molar-refractivity contribution in [2.24, 2.45) is 5.14 Å². The number of carbonyl (C=O) groups is 2. The van der Waals surface area contributed by atoms with Crippen LogP contribution in [0.15, 0.2) is 76.0 Å². The highest BCUT2D eigenvalue weighted by atomic mass is 32.2. The molecule has 0 atom stereocenters. The quantitative estimate of drug-likeness (QED) is 0.443. The second-order valence-corrected chi connectivity index (χ2v) is 8.29. The number of carbonyl (C=O) groups excluding carboxylic acids is 2. The van der Waals surface area contributed by atoms with Gasteiger partial charge in [-0.3, -0.25) is 4.79 Å².